The van der Waals surface area contributed by atoms with Crippen molar-refractivity contribution >= 4 is 29.7 Å². The van der Waals surface area contributed by atoms with Gasteiger partial charge in [0.1, 0.15) is 0 Å². The van der Waals surface area contributed by atoms with E-state index in [1.165, 1.54) is 64.2 Å². The van der Waals surface area contributed by atoms with Crippen molar-refractivity contribution in [1.82, 2.24) is 0 Å². The molecule has 0 rings (SSSR count). The van der Waals surface area contributed by atoms with Gasteiger partial charge in [0.15, 0.2) is 0 Å². The van der Waals surface area contributed by atoms with Crippen LogP contribution in [0, 0.1) is 0 Å². The molecule has 0 spiro atoms. The second-order valence-corrected chi connectivity index (χ2v) is 11.0. The maximum Gasteiger partial charge on any atom is 0.244 e. The number of rotatable bonds is 16. The van der Waals surface area contributed by atoms with Crippen molar-refractivity contribution in [1.29, 1.82) is 0 Å². The summed E-state index contributed by atoms with van der Waals surface area (Å²) in [5.41, 5.74) is -2.29. The van der Waals surface area contributed by atoms with Gasteiger partial charge in [-0.3, -0.25) is 0 Å². The number of hydrogen-bond donors (Lipinski definition) is 1. The molecule has 0 saturated heterocycles. The third-order valence-electron chi connectivity index (χ3n) is 3.50. The standard InChI is InChI=1S/C16H35O2PS2.Mo.H2O/c1-3-5-7-9-11-13-15-17-19(20,21)18-16-14-12-10-8-6-4-2;;/h3-16H2,1-2H3,(H,20,21);;1H2. The van der Waals surface area contributed by atoms with Gasteiger partial charge >= 0.3 is 0 Å². The average Bonchev–Trinajstić information content (AvgIpc) is 2.45. The predicted molar refractivity (Wildman–Crippen MR) is 106 cm³/mol. The van der Waals surface area contributed by atoms with Gasteiger partial charge in [0.25, 0.3) is 0 Å². The first kappa shape index (κ1) is 29.3. The molecule has 23 heavy (non-hydrogen) atoms. The molecule has 0 aromatic heterocycles. The molecule has 0 aliphatic heterocycles. The van der Waals surface area contributed by atoms with Crippen LogP contribution >= 0.6 is 17.9 Å². The maximum absolute atomic E-state index is 5.65. The van der Waals surface area contributed by atoms with Crippen molar-refractivity contribution in [3.8, 4) is 0 Å². The monoisotopic (exact) mass is 470 g/mol. The fraction of sp³-hybridized carbons (Fsp3) is 1.00. The van der Waals surface area contributed by atoms with Crippen molar-refractivity contribution < 1.29 is 35.6 Å². The summed E-state index contributed by atoms with van der Waals surface area (Å²) in [5, 5.41) is 0. The Morgan fingerprint density at radius 2 is 1.00 bits per heavy atom. The summed E-state index contributed by atoms with van der Waals surface area (Å²) in [6.07, 6.45) is 15.1. The van der Waals surface area contributed by atoms with Crippen LogP contribution in [-0.4, -0.2) is 18.7 Å². The summed E-state index contributed by atoms with van der Waals surface area (Å²) >= 11 is 9.70. The van der Waals surface area contributed by atoms with Crippen LogP contribution < -0.4 is 0 Å². The molecule has 0 amide bonds. The van der Waals surface area contributed by atoms with Gasteiger partial charge in [-0.15, -0.1) is 0 Å². The van der Waals surface area contributed by atoms with Crippen LogP contribution in [0.2, 0.25) is 0 Å². The Bertz CT molecular complexity index is 250. The normalized spacial score (nSPS) is 10.9. The molecule has 0 saturated carbocycles. The van der Waals surface area contributed by atoms with Crippen molar-refractivity contribution in [2.45, 2.75) is 90.9 Å². The van der Waals surface area contributed by atoms with E-state index < -0.39 is 5.69 Å². The summed E-state index contributed by atoms with van der Waals surface area (Å²) in [7, 11) is 0. The van der Waals surface area contributed by atoms with Crippen LogP contribution in [0.3, 0.4) is 0 Å². The first-order chi connectivity index (χ1) is 10.1. The van der Waals surface area contributed by atoms with Crippen LogP contribution in [0.1, 0.15) is 90.9 Å². The van der Waals surface area contributed by atoms with Gasteiger partial charge in [-0.25, -0.2) is 0 Å². The Labute approximate surface area is 169 Å². The largest absolute Gasteiger partial charge is 0.412 e. The van der Waals surface area contributed by atoms with Gasteiger partial charge < -0.3 is 14.5 Å². The molecule has 0 radical (unpaired) electrons. The zero-order valence-corrected chi connectivity index (χ0v) is 19.5. The summed E-state index contributed by atoms with van der Waals surface area (Å²) < 4.78 is 11.3. The van der Waals surface area contributed by atoms with Gasteiger partial charge in [0.2, 0.25) is 5.69 Å². The first-order valence-electron chi connectivity index (χ1n) is 8.74. The fourth-order valence-electron chi connectivity index (χ4n) is 2.16. The van der Waals surface area contributed by atoms with Crippen LogP contribution in [0.15, 0.2) is 0 Å². The second kappa shape index (κ2) is 21.6. The Balaban J connectivity index is -0.00000200. The molecule has 0 bridgehead atoms. The van der Waals surface area contributed by atoms with E-state index in [1.54, 1.807) is 0 Å². The van der Waals surface area contributed by atoms with Crippen LogP contribution in [0.5, 0.6) is 0 Å². The van der Waals surface area contributed by atoms with E-state index in [0.29, 0.717) is 13.2 Å². The smallest absolute Gasteiger partial charge is 0.244 e. The SMILES string of the molecule is CCCCCCCCOP(=S)(S)OCCCCCCCC.O.[Mo]. The van der Waals surface area contributed by atoms with E-state index in [0.717, 1.165) is 12.8 Å². The molecule has 0 unspecified atom stereocenters. The Morgan fingerprint density at radius 3 is 1.35 bits per heavy atom. The van der Waals surface area contributed by atoms with E-state index in [4.69, 9.17) is 20.9 Å². The minimum atomic E-state index is -2.29. The summed E-state index contributed by atoms with van der Waals surface area (Å²) in [4.78, 5) is 0. The number of hydrogen-bond acceptors (Lipinski definition) is 3. The van der Waals surface area contributed by atoms with Gasteiger partial charge in [-0.05, 0) is 24.6 Å². The molecule has 0 aromatic rings. The quantitative estimate of drug-likeness (QED) is 0.130. The molecule has 2 N–H and O–H groups in total. The minimum absolute atomic E-state index is 0. The summed E-state index contributed by atoms with van der Waals surface area (Å²) in [6, 6.07) is 0. The molecule has 142 valence electrons. The molecule has 0 aromatic carbocycles. The average molecular weight is 469 g/mol. The van der Waals surface area contributed by atoms with Gasteiger partial charge in [-0.1, -0.05) is 90.3 Å². The number of thiol groups is 1. The van der Waals surface area contributed by atoms with Crippen molar-refractivity contribution in [2.75, 3.05) is 13.2 Å². The molecule has 3 nitrogen and oxygen atoms in total. The molecule has 0 atom stereocenters. The van der Waals surface area contributed by atoms with Crippen LogP contribution in [0.4, 0.5) is 0 Å². The van der Waals surface area contributed by atoms with Crippen molar-refractivity contribution in [2.24, 2.45) is 0 Å². The maximum atomic E-state index is 5.65. The van der Waals surface area contributed by atoms with E-state index in [1.807, 2.05) is 0 Å². The molecule has 0 heterocycles. The van der Waals surface area contributed by atoms with Crippen molar-refractivity contribution in [3.05, 3.63) is 0 Å². The molecule has 7 heteroatoms. The Kier molecular flexibility index (Phi) is 27.6. The topological polar surface area (TPSA) is 50.0 Å². The van der Waals surface area contributed by atoms with Crippen LogP contribution in [0.25, 0.3) is 0 Å². The molecular weight excluding hydrogens is 431 g/mol. The van der Waals surface area contributed by atoms with Gasteiger partial charge in [-0.2, -0.15) is 0 Å². The number of unbranched alkanes of at least 4 members (excludes halogenated alkanes) is 10. The van der Waals surface area contributed by atoms with E-state index in [9.17, 15) is 0 Å². The molecular formula is C16H37MoO3PS2. The van der Waals surface area contributed by atoms with E-state index in [2.05, 4.69) is 26.1 Å². The zero-order valence-electron chi connectivity index (χ0n) is 14.9. The zero-order chi connectivity index (χ0) is 15.8. The molecule has 0 aliphatic rings. The third kappa shape index (κ3) is 23.6. The van der Waals surface area contributed by atoms with E-state index in [-0.39, 0.29) is 26.5 Å². The summed E-state index contributed by atoms with van der Waals surface area (Å²) in [6.45, 7) is 5.87. The molecule has 0 aliphatic carbocycles. The predicted octanol–water partition coefficient (Wildman–Crippen LogP) is 6.07. The second-order valence-electron chi connectivity index (χ2n) is 5.67. The first-order valence-corrected chi connectivity index (χ1v) is 12.5. The minimum Gasteiger partial charge on any atom is -0.412 e. The van der Waals surface area contributed by atoms with Crippen molar-refractivity contribution in [3.63, 3.8) is 0 Å². The van der Waals surface area contributed by atoms with Gasteiger partial charge in [0, 0.05) is 21.1 Å². The Morgan fingerprint density at radius 1 is 0.696 bits per heavy atom. The van der Waals surface area contributed by atoms with E-state index >= 15 is 0 Å². The Hall–Kier alpha value is 1.57. The fourth-order valence-corrected chi connectivity index (χ4v) is 3.89. The summed E-state index contributed by atoms with van der Waals surface area (Å²) in [5.74, 6) is 0. The third-order valence-corrected chi connectivity index (χ3v) is 5.85. The molecule has 0 fully saturated rings. The van der Waals surface area contributed by atoms with Crippen LogP contribution in [-0.2, 0) is 41.9 Å². The van der Waals surface area contributed by atoms with Gasteiger partial charge in [0.05, 0.1) is 13.2 Å².